The van der Waals surface area contributed by atoms with Crippen molar-refractivity contribution in [2.75, 3.05) is 13.2 Å². The molecule has 0 radical (unpaired) electrons. The van der Waals surface area contributed by atoms with Crippen LogP contribution >= 0.6 is 0 Å². The van der Waals surface area contributed by atoms with E-state index in [-0.39, 0.29) is 42.3 Å². The van der Waals surface area contributed by atoms with Gasteiger partial charge in [0, 0.05) is 0 Å². The van der Waals surface area contributed by atoms with Gasteiger partial charge < -0.3 is 28.8 Å². The van der Waals surface area contributed by atoms with Gasteiger partial charge in [-0.15, -0.1) is 0 Å². The first kappa shape index (κ1) is 20.0. The van der Waals surface area contributed by atoms with Crippen LogP contribution in [0.3, 0.4) is 0 Å². The van der Waals surface area contributed by atoms with Gasteiger partial charge in [-0.25, -0.2) is 8.42 Å². The van der Waals surface area contributed by atoms with E-state index < -0.39 is 46.5 Å². The van der Waals surface area contributed by atoms with Crippen LogP contribution in [-0.4, -0.2) is 57.3 Å². The summed E-state index contributed by atoms with van der Waals surface area (Å²) in [6, 6.07) is 0. The predicted octanol–water partition coefficient (Wildman–Crippen LogP) is -2.30. The molecule has 3 fully saturated rings. The van der Waals surface area contributed by atoms with Crippen LogP contribution < -0.4 is 29.6 Å². The topological polar surface area (TPSA) is 113 Å². The Balaban J connectivity index is 0.00000192. The molecule has 3 rings (SSSR count). The molecule has 1 N–H and O–H groups in total. The fourth-order valence-corrected chi connectivity index (χ4v) is 3.43. The molecule has 0 aromatic carbocycles. The fraction of sp³-hybridized carbons (Fsp3) is 1.00. The van der Waals surface area contributed by atoms with Crippen LogP contribution in [0.4, 0.5) is 0 Å². The molecule has 23 heavy (non-hydrogen) atoms. The molecule has 3 heterocycles. The van der Waals surface area contributed by atoms with E-state index in [1.165, 1.54) is 0 Å². The van der Waals surface area contributed by atoms with Crippen molar-refractivity contribution in [2.45, 2.75) is 63.4 Å². The van der Waals surface area contributed by atoms with E-state index in [0.717, 1.165) is 0 Å². The maximum atomic E-state index is 11.0. The molecular weight excluding hydrogens is 341 g/mol. The second kappa shape index (κ2) is 6.13. The third-order valence-electron chi connectivity index (χ3n) is 3.69. The molecule has 0 amide bonds. The van der Waals surface area contributed by atoms with E-state index in [1.807, 2.05) is 0 Å². The van der Waals surface area contributed by atoms with Crippen molar-refractivity contribution in [1.82, 2.24) is 0 Å². The summed E-state index contributed by atoms with van der Waals surface area (Å²) < 4.78 is 55.5. The summed E-state index contributed by atoms with van der Waals surface area (Å²) in [4.78, 5) is 0. The SMILES string of the molecule is CC1(C)O[C@@H]2[C@@H](CO[C@@]3(COS([NH-])(=O)=O)OC(C)(C)O[C@@H]23)O1.[Na+]. The molecule has 3 saturated heterocycles. The summed E-state index contributed by atoms with van der Waals surface area (Å²) in [5.74, 6) is -3.26. The second-order valence-corrected chi connectivity index (χ2v) is 7.66. The van der Waals surface area contributed by atoms with Gasteiger partial charge in [-0.3, -0.25) is 4.18 Å². The van der Waals surface area contributed by atoms with Crippen molar-refractivity contribution in [3.8, 4) is 0 Å². The summed E-state index contributed by atoms with van der Waals surface area (Å²) in [7, 11) is -4.39. The van der Waals surface area contributed by atoms with Gasteiger partial charge in [0.2, 0.25) is 5.79 Å². The van der Waals surface area contributed by atoms with Gasteiger partial charge in [0.1, 0.15) is 24.9 Å². The molecule has 0 bridgehead atoms. The number of nitrogens with one attached hydrogen (secondary N) is 1. The molecule has 4 atom stereocenters. The third kappa shape index (κ3) is 4.09. The zero-order valence-electron chi connectivity index (χ0n) is 13.8. The molecule has 3 aliphatic rings. The van der Waals surface area contributed by atoms with Crippen LogP contribution in [0.1, 0.15) is 27.7 Å². The van der Waals surface area contributed by atoms with Crippen molar-refractivity contribution in [3.05, 3.63) is 5.14 Å². The number of hydrogen-bond donors (Lipinski definition) is 0. The van der Waals surface area contributed by atoms with E-state index in [1.54, 1.807) is 27.7 Å². The Morgan fingerprint density at radius 3 is 2.39 bits per heavy atom. The smallest absolute Gasteiger partial charge is 0.540 e. The van der Waals surface area contributed by atoms with Crippen LogP contribution in [-0.2, 0) is 38.2 Å². The van der Waals surface area contributed by atoms with Gasteiger partial charge in [-0.1, -0.05) is 0 Å². The minimum absolute atomic E-state index is 0. The first-order valence-corrected chi connectivity index (χ1v) is 8.34. The second-order valence-electron chi connectivity index (χ2n) is 6.52. The van der Waals surface area contributed by atoms with Gasteiger partial charge in [0.05, 0.1) is 6.61 Å². The van der Waals surface area contributed by atoms with Crippen molar-refractivity contribution >= 4 is 10.3 Å². The van der Waals surface area contributed by atoms with Crippen LogP contribution in [0.5, 0.6) is 0 Å². The monoisotopic (exact) mass is 361 g/mol. The minimum Gasteiger partial charge on any atom is -0.540 e. The summed E-state index contributed by atoms with van der Waals surface area (Å²) >= 11 is 0. The number of rotatable bonds is 3. The summed E-state index contributed by atoms with van der Waals surface area (Å²) in [6.45, 7) is 6.58. The molecule has 3 aliphatic heterocycles. The number of hydrogen-bond acceptors (Lipinski definition) is 8. The Morgan fingerprint density at radius 1 is 1.13 bits per heavy atom. The molecule has 128 valence electrons. The van der Waals surface area contributed by atoms with Gasteiger partial charge >= 0.3 is 29.6 Å². The first-order valence-electron chi connectivity index (χ1n) is 6.93. The number of fused-ring (bicyclic) bond motifs is 3. The van der Waals surface area contributed by atoms with Crippen LogP contribution in [0.2, 0.25) is 0 Å². The van der Waals surface area contributed by atoms with Gasteiger partial charge in [-0.05, 0) is 27.7 Å². The Bertz CT molecular complexity index is 567. The average Bonchev–Trinajstić information content (AvgIpc) is 2.78. The normalized spacial score (nSPS) is 41.0. The van der Waals surface area contributed by atoms with Gasteiger partial charge in [-0.2, -0.15) is 0 Å². The van der Waals surface area contributed by atoms with E-state index in [9.17, 15) is 8.42 Å². The van der Waals surface area contributed by atoms with Crippen molar-refractivity contribution in [3.63, 3.8) is 0 Å². The molecule has 0 aliphatic carbocycles. The Morgan fingerprint density at radius 2 is 1.78 bits per heavy atom. The molecule has 11 heteroatoms. The molecule has 0 saturated carbocycles. The van der Waals surface area contributed by atoms with Crippen molar-refractivity contribution in [2.24, 2.45) is 0 Å². The van der Waals surface area contributed by atoms with E-state index >= 15 is 0 Å². The van der Waals surface area contributed by atoms with Crippen LogP contribution in [0.15, 0.2) is 0 Å². The maximum absolute atomic E-state index is 11.0. The number of ether oxygens (including phenoxy) is 5. The first-order chi connectivity index (χ1) is 9.92. The van der Waals surface area contributed by atoms with Crippen LogP contribution in [0, 0.1) is 0 Å². The van der Waals surface area contributed by atoms with E-state index in [4.69, 9.17) is 28.8 Å². The standard InChI is InChI=1S/C12H20NO8S.Na/c1-10(2)18-7-5-16-12(6-17-22(13,14)15)9(8(7)19-10)20-11(3,4)21-12;/h7-9H,5-6H2,1-4H3,(H-,13,14,15);/q-1;+1/t7-,8-,9+,12+;/m1./s1. The fourth-order valence-electron chi connectivity index (χ4n) is 3.11. The zero-order chi connectivity index (χ0) is 16.4. The van der Waals surface area contributed by atoms with Crippen LogP contribution in [0.25, 0.3) is 5.14 Å². The summed E-state index contributed by atoms with van der Waals surface area (Å²) in [5, 5.41) is 6.85. The maximum Gasteiger partial charge on any atom is 1.00 e. The zero-order valence-corrected chi connectivity index (χ0v) is 16.6. The Labute approximate surface area is 157 Å². The van der Waals surface area contributed by atoms with Crippen molar-refractivity contribution in [1.29, 1.82) is 0 Å². The van der Waals surface area contributed by atoms with Gasteiger partial charge in [0.15, 0.2) is 21.9 Å². The third-order valence-corrected chi connectivity index (χ3v) is 4.12. The molecule has 0 spiro atoms. The Hall–Kier alpha value is 0.670. The molecule has 9 nitrogen and oxygen atoms in total. The predicted molar refractivity (Wildman–Crippen MR) is 71.7 cm³/mol. The quantitative estimate of drug-likeness (QED) is 0.516. The van der Waals surface area contributed by atoms with Gasteiger partial charge in [0.25, 0.3) is 0 Å². The molecule has 0 aromatic heterocycles. The minimum atomic E-state index is -4.39. The van der Waals surface area contributed by atoms with Crippen molar-refractivity contribution < 1.29 is 65.8 Å². The van der Waals surface area contributed by atoms with E-state index in [0.29, 0.717) is 0 Å². The Kier molecular flexibility index (Phi) is 5.33. The molecular formula is C12H20NNaO8S. The summed E-state index contributed by atoms with van der Waals surface area (Å²) in [5.41, 5.74) is 0. The largest absolute Gasteiger partial charge is 1.00 e. The van der Waals surface area contributed by atoms with E-state index in [2.05, 4.69) is 4.18 Å². The average molecular weight is 361 g/mol. The summed E-state index contributed by atoms with van der Waals surface area (Å²) in [6.07, 6.45) is -1.56. The molecule has 0 unspecified atom stereocenters. The molecule has 0 aromatic rings.